The lowest BCUT2D eigenvalue weighted by atomic mass is 10.1. The molecule has 0 saturated carbocycles. The zero-order valence-electron chi connectivity index (χ0n) is 8.71. The number of aromatic carboxylic acids is 1. The summed E-state index contributed by atoms with van der Waals surface area (Å²) in [7, 11) is 1.63. The molecule has 0 radical (unpaired) electrons. The number of aryl methyl sites for hydroxylation is 1. The first kappa shape index (κ1) is 11.0. The van der Waals surface area contributed by atoms with Crippen molar-refractivity contribution in [1.29, 1.82) is 0 Å². The normalized spacial score (nSPS) is 11.0. The Balaban J connectivity index is 3.02. The number of aromatic nitrogens is 1. The molecule has 84 valence electrons. The maximum atomic E-state index is 13.7. The molecule has 0 atom stereocenters. The molecule has 0 spiro atoms. The first-order valence-corrected chi connectivity index (χ1v) is 4.98. The molecule has 0 aliphatic carbocycles. The summed E-state index contributed by atoms with van der Waals surface area (Å²) in [5.74, 6) is -1.59. The molecule has 16 heavy (non-hydrogen) atoms. The second-order valence-electron chi connectivity index (χ2n) is 3.61. The van der Waals surface area contributed by atoms with Gasteiger partial charge in [-0.3, -0.25) is 0 Å². The Labute approximate surface area is 96.1 Å². The number of halogens is 2. The van der Waals surface area contributed by atoms with E-state index in [1.165, 1.54) is 16.7 Å². The Hall–Kier alpha value is -1.55. The Morgan fingerprint density at radius 3 is 2.69 bits per heavy atom. The van der Waals surface area contributed by atoms with Crippen molar-refractivity contribution in [3.05, 3.63) is 34.2 Å². The first-order valence-electron chi connectivity index (χ1n) is 4.60. The number of hydrogen-bond acceptors (Lipinski definition) is 1. The Morgan fingerprint density at radius 2 is 2.12 bits per heavy atom. The maximum Gasteiger partial charge on any atom is 0.338 e. The third-order valence-corrected chi connectivity index (χ3v) is 2.93. The third kappa shape index (κ3) is 1.38. The number of rotatable bonds is 1. The van der Waals surface area contributed by atoms with Crippen LogP contribution in [0.5, 0.6) is 0 Å². The highest BCUT2D eigenvalue weighted by molar-refractivity contribution is 6.31. The van der Waals surface area contributed by atoms with Gasteiger partial charge in [0.1, 0.15) is 5.82 Å². The molecule has 5 heteroatoms. The van der Waals surface area contributed by atoms with E-state index in [0.29, 0.717) is 11.1 Å². The lowest BCUT2D eigenvalue weighted by Gasteiger charge is -1.99. The second kappa shape index (κ2) is 3.49. The molecule has 0 unspecified atom stereocenters. The second-order valence-corrected chi connectivity index (χ2v) is 4.04. The highest BCUT2D eigenvalue weighted by Gasteiger charge is 2.20. The zero-order chi connectivity index (χ0) is 12.0. The van der Waals surface area contributed by atoms with Crippen LogP contribution in [0.1, 0.15) is 16.1 Å². The van der Waals surface area contributed by atoms with Crippen molar-refractivity contribution in [2.24, 2.45) is 7.05 Å². The average molecular weight is 242 g/mol. The van der Waals surface area contributed by atoms with Gasteiger partial charge in [-0.1, -0.05) is 11.6 Å². The standard InChI is InChI=1S/C11H9ClFNO2/c1-5-9(11(15)16)7-3-6(12)4-8(13)10(7)14(5)2/h3-4H,1-2H3,(H,15,16). The summed E-state index contributed by atoms with van der Waals surface area (Å²) >= 11 is 5.72. The highest BCUT2D eigenvalue weighted by atomic mass is 35.5. The lowest BCUT2D eigenvalue weighted by molar-refractivity contribution is 0.0698. The summed E-state index contributed by atoms with van der Waals surface area (Å²) in [6.07, 6.45) is 0. The van der Waals surface area contributed by atoms with E-state index in [0.717, 1.165) is 0 Å². The molecule has 0 bridgehead atoms. The topological polar surface area (TPSA) is 42.2 Å². The predicted molar refractivity (Wildman–Crippen MR) is 59.6 cm³/mol. The minimum absolute atomic E-state index is 0.0962. The van der Waals surface area contributed by atoms with Gasteiger partial charge in [-0.25, -0.2) is 9.18 Å². The van der Waals surface area contributed by atoms with E-state index in [1.807, 2.05) is 0 Å². The fraction of sp³-hybridized carbons (Fsp3) is 0.182. The van der Waals surface area contributed by atoms with Gasteiger partial charge in [0, 0.05) is 23.2 Å². The lowest BCUT2D eigenvalue weighted by Crippen LogP contribution is -1.99. The van der Waals surface area contributed by atoms with Crippen LogP contribution < -0.4 is 0 Å². The van der Waals surface area contributed by atoms with Crippen molar-refractivity contribution in [2.75, 3.05) is 0 Å². The fourth-order valence-corrected chi connectivity index (χ4v) is 2.10. The van der Waals surface area contributed by atoms with Crippen LogP contribution in [-0.4, -0.2) is 15.6 Å². The number of nitrogens with zero attached hydrogens (tertiary/aromatic N) is 1. The van der Waals surface area contributed by atoms with Crippen LogP contribution >= 0.6 is 11.6 Å². The van der Waals surface area contributed by atoms with Gasteiger partial charge in [0.05, 0.1) is 11.1 Å². The highest BCUT2D eigenvalue weighted by Crippen LogP contribution is 2.29. The van der Waals surface area contributed by atoms with Gasteiger partial charge in [-0.15, -0.1) is 0 Å². The van der Waals surface area contributed by atoms with Gasteiger partial charge in [0.2, 0.25) is 0 Å². The van der Waals surface area contributed by atoms with Crippen LogP contribution in [0.25, 0.3) is 10.9 Å². The number of carboxylic acid groups (broad SMARTS) is 1. The Kier molecular flexibility index (Phi) is 2.39. The summed E-state index contributed by atoms with van der Waals surface area (Å²) in [6.45, 7) is 1.64. The van der Waals surface area contributed by atoms with Crippen molar-refractivity contribution in [2.45, 2.75) is 6.92 Å². The van der Waals surface area contributed by atoms with Crippen LogP contribution in [0, 0.1) is 12.7 Å². The molecule has 3 nitrogen and oxygen atoms in total. The third-order valence-electron chi connectivity index (χ3n) is 2.71. The summed E-state index contributed by atoms with van der Waals surface area (Å²) in [5, 5.41) is 9.60. The molecule has 2 rings (SSSR count). The number of hydrogen-bond donors (Lipinski definition) is 1. The molecule has 1 heterocycles. The van der Waals surface area contributed by atoms with E-state index >= 15 is 0 Å². The van der Waals surface area contributed by atoms with E-state index in [2.05, 4.69) is 0 Å². The van der Waals surface area contributed by atoms with Crippen molar-refractivity contribution in [1.82, 2.24) is 4.57 Å². The Morgan fingerprint density at radius 1 is 1.50 bits per heavy atom. The van der Waals surface area contributed by atoms with Gasteiger partial charge in [-0.2, -0.15) is 0 Å². The fourth-order valence-electron chi connectivity index (χ4n) is 1.90. The molecule has 1 aromatic carbocycles. The average Bonchev–Trinajstić information content (AvgIpc) is 2.38. The molecule has 2 aromatic rings. The molecule has 0 aliphatic heterocycles. The molecule has 1 aromatic heterocycles. The van der Waals surface area contributed by atoms with E-state index < -0.39 is 11.8 Å². The van der Waals surface area contributed by atoms with Crippen LogP contribution in [0.2, 0.25) is 5.02 Å². The van der Waals surface area contributed by atoms with Gasteiger partial charge in [0.25, 0.3) is 0 Å². The van der Waals surface area contributed by atoms with E-state index in [4.69, 9.17) is 16.7 Å². The monoisotopic (exact) mass is 241 g/mol. The van der Waals surface area contributed by atoms with Crippen molar-refractivity contribution >= 4 is 28.5 Å². The van der Waals surface area contributed by atoms with Crippen LogP contribution in [-0.2, 0) is 7.05 Å². The molecule has 0 aliphatic rings. The van der Waals surface area contributed by atoms with Gasteiger partial charge in [0.15, 0.2) is 0 Å². The summed E-state index contributed by atoms with van der Waals surface area (Å²) in [5.41, 5.74) is 0.863. The molecule has 0 amide bonds. The quantitative estimate of drug-likeness (QED) is 0.834. The van der Waals surface area contributed by atoms with Crippen LogP contribution in [0.3, 0.4) is 0 Å². The zero-order valence-corrected chi connectivity index (χ0v) is 9.47. The predicted octanol–water partition coefficient (Wildman–Crippen LogP) is 2.98. The first-order chi connectivity index (χ1) is 7.43. The molecule has 0 saturated heterocycles. The van der Waals surface area contributed by atoms with Gasteiger partial charge < -0.3 is 9.67 Å². The number of carbonyl (C=O) groups is 1. The van der Waals surface area contributed by atoms with Crippen molar-refractivity contribution < 1.29 is 14.3 Å². The number of fused-ring (bicyclic) bond motifs is 1. The molecular formula is C11H9ClFNO2. The minimum Gasteiger partial charge on any atom is -0.478 e. The van der Waals surface area contributed by atoms with Crippen molar-refractivity contribution in [3.63, 3.8) is 0 Å². The van der Waals surface area contributed by atoms with Crippen LogP contribution in [0.4, 0.5) is 4.39 Å². The van der Waals surface area contributed by atoms with Crippen LogP contribution in [0.15, 0.2) is 12.1 Å². The summed E-state index contributed by atoms with van der Waals surface area (Å²) < 4.78 is 15.2. The van der Waals surface area contributed by atoms with E-state index in [-0.39, 0.29) is 16.1 Å². The summed E-state index contributed by atoms with van der Waals surface area (Å²) in [4.78, 5) is 11.1. The van der Waals surface area contributed by atoms with E-state index in [9.17, 15) is 9.18 Å². The number of carboxylic acids is 1. The Bertz CT molecular complexity index is 604. The largest absolute Gasteiger partial charge is 0.478 e. The number of benzene rings is 1. The van der Waals surface area contributed by atoms with Gasteiger partial charge >= 0.3 is 5.97 Å². The van der Waals surface area contributed by atoms with Gasteiger partial charge in [-0.05, 0) is 19.1 Å². The molecular weight excluding hydrogens is 233 g/mol. The molecule has 1 N–H and O–H groups in total. The smallest absolute Gasteiger partial charge is 0.338 e. The summed E-state index contributed by atoms with van der Waals surface area (Å²) in [6, 6.07) is 2.64. The van der Waals surface area contributed by atoms with Crippen molar-refractivity contribution in [3.8, 4) is 0 Å². The SMILES string of the molecule is Cc1c(C(=O)O)c2cc(Cl)cc(F)c2n1C. The molecule has 0 fully saturated rings. The minimum atomic E-state index is -1.08. The maximum absolute atomic E-state index is 13.7. The van der Waals surface area contributed by atoms with E-state index in [1.54, 1.807) is 14.0 Å².